The zero-order chi connectivity index (χ0) is 11.5. The Morgan fingerprint density at radius 1 is 1.25 bits per heavy atom. The van der Waals surface area contributed by atoms with Gasteiger partial charge < -0.3 is 0 Å². The summed E-state index contributed by atoms with van der Waals surface area (Å²) in [7, 11) is 0. The van der Waals surface area contributed by atoms with E-state index in [-0.39, 0.29) is 6.04 Å². The van der Waals surface area contributed by atoms with Gasteiger partial charge in [-0.15, -0.1) is 0 Å². The second-order valence-corrected chi connectivity index (χ2v) is 3.92. The van der Waals surface area contributed by atoms with E-state index in [1.54, 1.807) is 6.20 Å². The zero-order valence-electron chi connectivity index (χ0n) is 9.36. The predicted molar refractivity (Wildman–Crippen MR) is 61.5 cm³/mol. The smallest absolute Gasteiger partial charge is 0.105 e. The molecule has 1 atom stereocenters. The fourth-order valence-electron chi connectivity index (χ4n) is 1.88. The summed E-state index contributed by atoms with van der Waals surface area (Å²) >= 11 is 0. The first-order valence-corrected chi connectivity index (χ1v) is 5.10. The van der Waals surface area contributed by atoms with E-state index in [9.17, 15) is 0 Å². The van der Waals surface area contributed by atoms with Crippen molar-refractivity contribution in [3.63, 3.8) is 0 Å². The van der Waals surface area contributed by atoms with Crippen molar-refractivity contribution in [2.45, 2.75) is 19.9 Å². The number of aromatic amines is 1. The van der Waals surface area contributed by atoms with Crippen LogP contribution in [0.25, 0.3) is 0 Å². The van der Waals surface area contributed by atoms with Gasteiger partial charge in [0.1, 0.15) is 5.69 Å². The highest BCUT2D eigenvalue weighted by atomic mass is 15.3. The topological polar surface area (TPSA) is 79.6 Å². The standard InChI is InChI=1S/C11H15N5/c1-7-3-8(2)5-9(4-7)11(14-12)10-6-13-16-15-10/h3-6,11,14H,12H2,1-2H3,(H,13,15,16). The first-order valence-electron chi connectivity index (χ1n) is 5.10. The number of aromatic nitrogens is 3. The second kappa shape index (κ2) is 4.42. The highest BCUT2D eigenvalue weighted by Crippen LogP contribution is 2.21. The van der Waals surface area contributed by atoms with Gasteiger partial charge in [0.2, 0.25) is 0 Å². The predicted octanol–water partition coefficient (Wildman–Crippen LogP) is 0.974. The van der Waals surface area contributed by atoms with E-state index < -0.39 is 0 Å². The molecule has 0 aliphatic heterocycles. The van der Waals surface area contributed by atoms with Crippen molar-refractivity contribution in [1.82, 2.24) is 20.8 Å². The molecule has 5 heteroatoms. The van der Waals surface area contributed by atoms with Gasteiger partial charge in [-0.05, 0) is 19.4 Å². The Hall–Kier alpha value is -1.72. The van der Waals surface area contributed by atoms with E-state index in [0.29, 0.717) is 0 Å². The van der Waals surface area contributed by atoms with Crippen molar-refractivity contribution in [3.05, 3.63) is 46.8 Å². The molecule has 2 rings (SSSR count). The number of aryl methyl sites for hydroxylation is 2. The maximum atomic E-state index is 5.56. The summed E-state index contributed by atoms with van der Waals surface area (Å²) in [5.41, 5.74) is 7.04. The van der Waals surface area contributed by atoms with Gasteiger partial charge in [0.05, 0.1) is 12.2 Å². The Balaban J connectivity index is 2.41. The SMILES string of the molecule is Cc1cc(C)cc(C(NN)c2cn[nH]n2)c1. The third kappa shape index (κ3) is 2.10. The van der Waals surface area contributed by atoms with Gasteiger partial charge in [0.15, 0.2) is 0 Å². The second-order valence-electron chi connectivity index (χ2n) is 3.92. The molecule has 5 nitrogen and oxygen atoms in total. The number of H-pyrrole nitrogens is 1. The van der Waals surface area contributed by atoms with Gasteiger partial charge in [-0.1, -0.05) is 29.3 Å². The lowest BCUT2D eigenvalue weighted by atomic mass is 10.00. The molecule has 0 radical (unpaired) electrons. The van der Waals surface area contributed by atoms with Crippen LogP contribution in [0.5, 0.6) is 0 Å². The molecule has 0 saturated carbocycles. The van der Waals surface area contributed by atoms with Crippen LogP contribution in [0.2, 0.25) is 0 Å². The molecule has 1 heterocycles. The molecule has 4 N–H and O–H groups in total. The molecule has 0 spiro atoms. The fraction of sp³-hybridized carbons (Fsp3) is 0.273. The third-order valence-electron chi connectivity index (χ3n) is 2.47. The van der Waals surface area contributed by atoms with Crippen LogP contribution in [0.1, 0.15) is 28.4 Å². The quantitative estimate of drug-likeness (QED) is 0.529. The maximum absolute atomic E-state index is 5.56. The zero-order valence-corrected chi connectivity index (χ0v) is 9.36. The van der Waals surface area contributed by atoms with E-state index in [2.05, 4.69) is 52.9 Å². The number of benzene rings is 1. The summed E-state index contributed by atoms with van der Waals surface area (Å²) in [6.45, 7) is 4.12. The average molecular weight is 217 g/mol. The summed E-state index contributed by atoms with van der Waals surface area (Å²) in [5.74, 6) is 5.56. The number of hydrogen-bond acceptors (Lipinski definition) is 4. The molecule has 0 bridgehead atoms. The van der Waals surface area contributed by atoms with E-state index in [4.69, 9.17) is 5.84 Å². The molecule has 1 aromatic carbocycles. The van der Waals surface area contributed by atoms with E-state index in [1.807, 2.05) is 0 Å². The van der Waals surface area contributed by atoms with E-state index in [1.165, 1.54) is 11.1 Å². The molecule has 0 fully saturated rings. The first-order chi connectivity index (χ1) is 7.70. The number of nitrogens with two attached hydrogens (primary N) is 1. The van der Waals surface area contributed by atoms with Crippen LogP contribution in [0.15, 0.2) is 24.4 Å². The number of nitrogens with zero attached hydrogens (tertiary/aromatic N) is 2. The molecule has 0 saturated heterocycles. The van der Waals surface area contributed by atoms with Crippen LogP contribution in [-0.2, 0) is 0 Å². The fourth-order valence-corrected chi connectivity index (χ4v) is 1.88. The molecule has 1 aromatic heterocycles. The van der Waals surface area contributed by atoms with Gasteiger partial charge in [-0.2, -0.15) is 15.4 Å². The summed E-state index contributed by atoms with van der Waals surface area (Å²) in [6, 6.07) is 6.18. The Bertz CT molecular complexity index is 443. The summed E-state index contributed by atoms with van der Waals surface area (Å²) < 4.78 is 0. The molecule has 2 aromatic rings. The van der Waals surface area contributed by atoms with Gasteiger partial charge in [0.25, 0.3) is 0 Å². The van der Waals surface area contributed by atoms with Gasteiger partial charge in [-0.3, -0.25) is 5.84 Å². The van der Waals surface area contributed by atoms with Gasteiger partial charge in [0, 0.05) is 0 Å². The van der Waals surface area contributed by atoms with E-state index in [0.717, 1.165) is 11.3 Å². The Kier molecular flexibility index (Phi) is 2.98. The number of hydrazine groups is 1. The largest absolute Gasteiger partial charge is 0.271 e. The molecule has 16 heavy (non-hydrogen) atoms. The maximum Gasteiger partial charge on any atom is 0.105 e. The van der Waals surface area contributed by atoms with Crippen molar-refractivity contribution in [1.29, 1.82) is 0 Å². The van der Waals surface area contributed by atoms with Crippen LogP contribution in [0.4, 0.5) is 0 Å². The van der Waals surface area contributed by atoms with Crippen molar-refractivity contribution in [2.24, 2.45) is 5.84 Å². The minimum absolute atomic E-state index is 0.127. The minimum Gasteiger partial charge on any atom is -0.271 e. The summed E-state index contributed by atoms with van der Waals surface area (Å²) in [4.78, 5) is 0. The monoisotopic (exact) mass is 217 g/mol. The normalized spacial score (nSPS) is 12.7. The van der Waals surface area contributed by atoms with Crippen molar-refractivity contribution in [2.75, 3.05) is 0 Å². The van der Waals surface area contributed by atoms with Crippen LogP contribution >= 0.6 is 0 Å². The average Bonchev–Trinajstić information content (AvgIpc) is 2.70. The van der Waals surface area contributed by atoms with Crippen LogP contribution in [0.3, 0.4) is 0 Å². The number of rotatable bonds is 3. The van der Waals surface area contributed by atoms with Crippen molar-refractivity contribution >= 4 is 0 Å². The lowest BCUT2D eigenvalue weighted by molar-refractivity contribution is 0.618. The molecule has 1 unspecified atom stereocenters. The van der Waals surface area contributed by atoms with Crippen molar-refractivity contribution in [3.8, 4) is 0 Å². The Morgan fingerprint density at radius 3 is 2.44 bits per heavy atom. The molecule has 0 amide bonds. The van der Waals surface area contributed by atoms with Gasteiger partial charge >= 0.3 is 0 Å². The molecular formula is C11H15N5. The van der Waals surface area contributed by atoms with Gasteiger partial charge in [-0.25, -0.2) is 5.43 Å². The lowest BCUT2D eigenvalue weighted by Gasteiger charge is -2.14. The number of nitrogens with one attached hydrogen (secondary N) is 2. The van der Waals surface area contributed by atoms with Crippen LogP contribution in [-0.4, -0.2) is 15.4 Å². The van der Waals surface area contributed by atoms with Crippen molar-refractivity contribution < 1.29 is 0 Å². The lowest BCUT2D eigenvalue weighted by Crippen LogP contribution is -2.29. The number of hydrogen-bond donors (Lipinski definition) is 3. The highest BCUT2D eigenvalue weighted by Gasteiger charge is 2.15. The molecule has 0 aliphatic rings. The van der Waals surface area contributed by atoms with E-state index >= 15 is 0 Å². The molecule has 84 valence electrons. The van der Waals surface area contributed by atoms with Crippen LogP contribution < -0.4 is 11.3 Å². The Labute approximate surface area is 94.0 Å². The van der Waals surface area contributed by atoms with Crippen LogP contribution in [0, 0.1) is 13.8 Å². The summed E-state index contributed by atoms with van der Waals surface area (Å²) in [6.07, 6.45) is 1.67. The minimum atomic E-state index is -0.127. The Morgan fingerprint density at radius 2 is 1.94 bits per heavy atom. The molecular weight excluding hydrogens is 202 g/mol. The first kappa shape index (κ1) is 10.8. The molecule has 0 aliphatic carbocycles. The highest BCUT2D eigenvalue weighted by molar-refractivity contribution is 5.33. The third-order valence-corrected chi connectivity index (χ3v) is 2.47. The summed E-state index contributed by atoms with van der Waals surface area (Å²) in [5, 5.41) is 10.4.